The normalized spacial score (nSPS) is 15.4. The van der Waals surface area contributed by atoms with Crippen molar-refractivity contribution in [3.8, 4) is 11.5 Å². The van der Waals surface area contributed by atoms with E-state index >= 15 is 4.39 Å². The summed E-state index contributed by atoms with van der Waals surface area (Å²) in [4.78, 5) is 19.4. The maximum absolute atomic E-state index is 15.2. The number of piperidine rings is 1. The quantitative estimate of drug-likeness (QED) is 0.170. The lowest BCUT2D eigenvalue weighted by Gasteiger charge is -2.29. The number of hydrogen-bond acceptors (Lipinski definition) is 7. The molecule has 0 radical (unpaired) electrons. The first-order chi connectivity index (χ1) is 22.5. The zero-order chi connectivity index (χ0) is 33.6. The summed E-state index contributed by atoms with van der Waals surface area (Å²) in [5, 5.41) is 5.31. The highest BCUT2D eigenvalue weighted by molar-refractivity contribution is 6.02. The van der Waals surface area contributed by atoms with Crippen molar-refractivity contribution in [1.29, 1.82) is 0 Å². The first-order valence-corrected chi connectivity index (χ1v) is 15.1. The van der Waals surface area contributed by atoms with Crippen molar-refractivity contribution < 1.29 is 36.6 Å². The van der Waals surface area contributed by atoms with Gasteiger partial charge in [0.15, 0.2) is 23.1 Å². The van der Waals surface area contributed by atoms with Crippen molar-refractivity contribution >= 4 is 17.7 Å². The predicted octanol–water partition coefficient (Wildman–Crippen LogP) is 7.06. The molecule has 47 heavy (non-hydrogen) atoms. The lowest BCUT2D eigenvalue weighted by atomic mass is 9.98. The number of alkyl halides is 3. The predicted molar refractivity (Wildman–Crippen MR) is 170 cm³/mol. The Kier molecular flexibility index (Phi) is 10.5. The highest BCUT2D eigenvalue weighted by Gasteiger charge is 2.30. The van der Waals surface area contributed by atoms with Crippen LogP contribution in [-0.2, 0) is 33.4 Å². The molecule has 8 nitrogen and oxygen atoms in total. The van der Waals surface area contributed by atoms with Crippen molar-refractivity contribution in [2.45, 2.75) is 32.0 Å². The average Bonchev–Trinajstić information content (AvgIpc) is 3.24. The van der Waals surface area contributed by atoms with Gasteiger partial charge in [0, 0.05) is 36.5 Å². The molecule has 0 spiro atoms. The molecule has 2 aliphatic rings. The van der Waals surface area contributed by atoms with Crippen molar-refractivity contribution in [2.75, 3.05) is 39.2 Å². The third-order valence-corrected chi connectivity index (χ3v) is 8.04. The van der Waals surface area contributed by atoms with E-state index in [1.54, 1.807) is 25.4 Å². The highest BCUT2D eigenvalue weighted by Crippen LogP contribution is 2.35. The van der Waals surface area contributed by atoms with Crippen LogP contribution in [0.2, 0.25) is 0 Å². The third kappa shape index (κ3) is 8.70. The smallest absolute Gasteiger partial charge is 0.416 e. The summed E-state index contributed by atoms with van der Waals surface area (Å²) in [5.74, 6) is 0.539. The fourth-order valence-electron chi connectivity index (χ4n) is 5.21. The number of carbonyl (C=O) groups excluding carboxylic acids is 1. The lowest BCUT2D eigenvalue weighted by molar-refractivity contribution is -0.137. The number of fused-ring (bicyclic) bond motifs is 1. The zero-order valence-electron chi connectivity index (χ0n) is 26.1. The second-order valence-corrected chi connectivity index (χ2v) is 11.4. The molecule has 1 aromatic heterocycles. The van der Waals surface area contributed by atoms with Gasteiger partial charge in [0.1, 0.15) is 5.75 Å². The van der Waals surface area contributed by atoms with Crippen molar-refractivity contribution in [3.05, 3.63) is 113 Å². The van der Waals surface area contributed by atoms with E-state index in [0.29, 0.717) is 53.0 Å². The second kappa shape index (κ2) is 14.7. The molecule has 1 amide bonds. The molecule has 0 bridgehead atoms. The molecule has 0 unspecified atom stereocenters. The van der Waals surface area contributed by atoms with Crippen LogP contribution in [0.3, 0.4) is 0 Å². The molecule has 2 heterocycles. The minimum Gasteiger partial charge on any atom is -0.493 e. The number of pyridine rings is 1. The molecular formula is C35H36F4N4O4. The van der Waals surface area contributed by atoms with Gasteiger partial charge in [0.2, 0.25) is 0 Å². The fourth-order valence-corrected chi connectivity index (χ4v) is 5.21. The molecular weight excluding hydrogens is 616 g/mol. The summed E-state index contributed by atoms with van der Waals surface area (Å²) in [6.45, 7) is 6.41. The van der Waals surface area contributed by atoms with Gasteiger partial charge in [-0.15, -0.1) is 0 Å². The van der Waals surface area contributed by atoms with Gasteiger partial charge in [0.25, 0.3) is 5.91 Å². The summed E-state index contributed by atoms with van der Waals surface area (Å²) >= 11 is 0. The number of allylic oxidation sites excluding steroid dienone is 1. The van der Waals surface area contributed by atoms with Gasteiger partial charge in [-0.25, -0.2) is 4.39 Å². The van der Waals surface area contributed by atoms with E-state index in [0.717, 1.165) is 44.1 Å². The molecule has 248 valence electrons. The number of methoxy groups -OCH3 is 1. The van der Waals surface area contributed by atoms with E-state index in [2.05, 4.69) is 34.1 Å². The molecule has 0 saturated carbocycles. The summed E-state index contributed by atoms with van der Waals surface area (Å²) in [6, 6.07) is 10.2. The van der Waals surface area contributed by atoms with E-state index in [1.165, 1.54) is 24.3 Å². The summed E-state index contributed by atoms with van der Waals surface area (Å²) in [7, 11) is 3.68. The van der Waals surface area contributed by atoms with E-state index in [-0.39, 0.29) is 23.7 Å². The topological polar surface area (TPSA) is 85.0 Å². The molecule has 2 aromatic carbocycles. The molecule has 1 fully saturated rings. The van der Waals surface area contributed by atoms with Crippen LogP contribution in [0.5, 0.6) is 11.5 Å². The van der Waals surface area contributed by atoms with Crippen molar-refractivity contribution in [1.82, 2.24) is 15.2 Å². The van der Waals surface area contributed by atoms with Crippen LogP contribution < -0.4 is 15.4 Å². The number of anilines is 1. The number of benzene rings is 2. The molecule has 12 heteroatoms. The first kappa shape index (κ1) is 33.5. The third-order valence-electron chi connectivity index (χ3n) is 8.04. The SMILES string of the molecule is C=C(NCc1ccc(C(F)(F)F)cc1)C(=O)Nc1ccc(Oc2ccnc3c2C=C(OC)C(OCC2CCN(C)CC2)=CC3)c(F)c1. The Labute approximate surface area is 270 Å². The number of carbonyl (C=O) groups is 1. The number of aromatic nitrogens is 1. The molecule has 1 saturated heterocycles. The zero-order valence-corrected chi connectivity index (χ0v) is 26.1. The number of amides is 1. The highest BCUT2D eigenvalue weighted by atomic mass is 19.4. The monoisotopic (exact) mass is 652 g/mol. The van der Waals surface area contributed by atoms with Crippen LogP contribution >= 0.6 is 0 Å². The largest absolute Gasteiger partial charge is 0.493 e. The van der Waals surface area contributed by atoms with Gasteiger partial charge in [-0.2, -0.15) is 13.2 Å². The van der Waals surface area contributed by atoms with Crippen molar-refractivity contribution in [2.24, 2.45) is 5.92 Å². The van der Waals surface area contributed by atoms with Crippen LogP contribution in [0.4, 0.5) is 23.2 Å². The number of hydrogen-bond donors (Lipinski definition) is 2. The number of halogens is 4. The van der Waals surface area contributed by atoms with Gasteiger partial charge >= 0.3 is 6.18 Å². The average molecular weight is 653 g/mol. The number of likely N-dealkylation sites (tertiary alicyclic amines) is 1. The Bertz CT molecular complexity index is 1660. The van der Waals surface area contributed by atoms with Crippen molar-refractivity contribution in [3.63, 3.8) is 0 Å². The second-order valence-electron chi connectivity index (χ2n) is 11.4. The minimum atomic E-state index is -4.43. The van der Waals surface area contributed by atoms with Gasteiger partial charge in [-0.1, -0.05) is 18.7 Å². The molecule has 1 aliphatic carbocycles. The van der Waals surface area contributed by atoms with Gasteiger partial charge in [-0.3, -0.25) is 9.78 Å². The molecule has 3 aromatic rings. The molecule has 1 aliphatic heterocycles. The van der Waals surface area contributed by atoms with E-state index < -0.39 is 23.5 Å². The Morgan fingerprint density at radius 3 is 2.49 bits per heavy atom. The number of ether oxygens (including phenoxy) is 3. The van der Waals surface area contributed by atoms with Gasteiger partial charge < -0.3 is 29.7 Å². The van der Waals surface area contributed by atoms with E-state index in [1.807, 2.05) is 6.08 Å². The molecule has 0 atom stereocenters. The first-order valence-electron chi connectivity index (χ1n) is 15.1. The van der Waals surface area contributed by atoms with Crippen LogP contribution in [0.15, 0.2) is 84.6 Å². The summed E-state index contributed by atoms with van der Waals surface area (Å²) in [6.07, 6.45) is 3.46. The summed E-state index contributed by atoms with van der Waals surface area (Å²) < 4.78 is 71.4. The van der Waals surface area contributed by atoms with Crippen LogP contribution in [-0.4, -0.2) is 49.6 Å². The van der Waals surface area contributed by atoms with Gasteiger partial charge in [-0.05, 0) is 86.9 Å². The Morgan fingerprint density at radius 1 is 1.06 bits per heavy atom. The minimum absolute atomic E-state index is 0.0471. The van der Waals surface area contributed by atoms with Crippen LogP contribution in [0.1, 0.15) is 35.2 Å². The Hall–Kier alpha value is -4.84. The van der Waals surface area contributed by atoms with Gasteiger partial charge in [0.05, 0.1) is 30.7 Å². The van der Waals surface area contributed by atoms with Crippen LogP contribution in [0.25, 0.3) is 6.08 Å². The Balaban J connectivity index is 1.20. The molecule has 2 N–H and O–H groups in total. The maximum atomic E-state index is 15.2. The Morgan fingerprint density at radius 2 is 1.81 bits per heavy atom. The van der Waals surface area contributed by atoms with E-state index in [4.69, 9.17) is 14.2 Å². The fraction of sp³-hybridized carbons (Fsp3) is 0.314. The standard InChI is InChI=1S/C35H36F4N4O4/c1-22(41-20-23-4-6-25(7-5-23)35(37,38)39)34(44)42-26-8-10-31(28(36)18-26)47-30-12-15-40-29-9-11-32(33(45-3)19-27(29)30)46-21-24-13-16-43(2)17-14-24/h4-8,10-12,15,18-19,24,41H,1,9,13-14,16-17,20-21H2,2-3H3,(H,42,44). The van der Waals surface area contributed by atoms with E-state index in [9.17, 15) is 18.0 Å². The maximum Gasteiger partial charge on any atom is 0.416 e. The lowest BCUT2D eigenvalue weighted by Crippen LogP contribution is -2.32. The van der Waals surface area contributed by atoms with Crippen LogP contribution in [0, 0.1) is 11.7 Å². The number of nitrogens with one attached hydrogen (secondary N) is 2. The molecule has 5 rings (SSSR count). The number of nitrogens with zero attached hydrogens (tertiary/aromatic N) is 2. The number of rotatable bonds is 11. The summed E-state index contributed by atoms with van der Waals surface area (Å²) in [5.41, 5.74) is 1.20.